The molecule has 1 unspecified atom stereocenters. The summed E-state index contributed by atoms with van der Waals surface area (Å²) in [6.07, 6.45) is 1.07. The van der Waals surface area contributed by atoms with Gasteiger partial charge in [0, 0.05) is 29.4 Å². The molecule has 2 N–H and O–H groups in total. The minimum atomic E-state index is -0.581. The number of Topliss-reactive ketones (excluding diaryl/α,β-unsaturated/α-hetero) is 1. The van der Waals surface area contributed by atoms with Crippen molar-refractivity contribution >= 4 is 23.4 Å². The summed E-state index contributed by atoms with van der Waals surface area (Å²) in [5, 5.41) is 3.84. The number of allylic oxidation sites excluding steroid dienone is 2. The average Bonchev–Trinajstić information content (AvgIpc) is 2.77. The number of aryl methyl sites for hydroxylation is 1. The third kappa shape index (κ3) is 4.20. The molecular formula is C27H26FN3O2S. The zero-order valence-electron chi connectivity index (χ0n) is 19.4. The monoisotopic (exact) mass is 475 g/mol. The SMILES string of the molecule is Cc1ccccc1CSc1nc2c(c(=O)[nH]1)C(c1ccc(F)cc1)C1=C(CC(C)(C)CC1=O)N2. The van der Waals surface area contributed by atoms with Gasteiger partial charge in [-0.05, 0) is 47.6 Å². The van der Waals surface area contributed by atoms with Gasteiger partial charge in [0.25, 0.3) is 5.56 Å². The molecule has 5 nitrogen and oxygen atoms in total. The van der Waals surface area contributed by atoms with E-state index < -0.39 is 5.92 Å². The lowest BCUT2D eigenvalue weighted by Gasteiger charge is -2.38. The second-order valence-corrected chi connectivity index (χ2v) is 10.8. The molecule has 34 heavy (non-hydrogen) atoms. The molecule has 1 atom stereocenters. The maximum Gasteiger partial charge on any atom is 0.257 e. The normalized spacial score (nSPS) is 18.8. The number of aromatic nitrogens is 2. The van der Waals surface area contributed by atoms with Crippen molar-refractivity contribution in [1.82, 2.24) is 9.97 Å². The number of thioether (sulfide) groups is 1. The first-order chi connectivity index (χ1) is 16.2. The van der Waals surface area contributed by atoms with Gasteiger partial charge in [0.1, 0.15) is 11.6 Å². The van der Waals surface area contributed by atoms with E-state index in [0.29, 0.717) is 46.3 Å². The van der Waals surface area contributed by atoms with Gasteiger partial charge in [0.2, 0.25) is 0 Å². The lowest BCUT2D eigenvalue weighted by molar-refractivity contribution is -0.118. The van der Waals surface area contributed by atoms with E-state index in [1.54, 1.807) is 12.1 Å². The number of anilines is 1. The van der Waals surface area contributed by atoms with Crippen LogP contribution in [0.5, 0.6) is 0 Å². The van der Waals surface area contributed by atoms with Gasteiger partial charge in [-0.2, -0.15) is 0 Å². The van der Waals surface area contributed by atoms with Crippen LogP contribution in [0.25, 0.3) is 0 Å². The summed E-state index contributed by atoms with van der Waals surface area (Å²) in [6, 6.07) is 14.1. The van der Waals surface area contributed by atoms with Crippen LogP contribution in [0, 0.1) is 18.2 Å². The molecule has 0 spiro atoms. The molecule has 2 aliphatic rings. The van der Waals surface area contributed by atoms with Gasteiger partial charge in [-0.25, -0.2) is 9.37 Å². The van der Waals surface area contributed by atoms with E-state index in [4.69, 9.17) is 4.98 Å². The fraction of sp³-hybridized carbons (Fsp3) is 0.296. The Balaban J connectivity index is 1.59. The van der Waals surface area contributed by atoms with Crippen LogP contribution in [0.4, 0.5) is 10.2 Å². The van der Waals surface area contributed by atoms with E-state index in [1.165, 1.54) is 35.0 Å². The van der Waals surface area contributed by atoms with Gasteiger partial charge in [0.05, 0.1) is 5.56 Å². The maximum absolute atomic E-state index is 13.7. The first-order valence-corrected chi connectivity index (χ1v) is 12.3. The van der Waals surface area contributed by atoms with Crippen molar-refractivity contribution in [2.45, 2.75) is 50.4 Å². The molecule has 1 aliphatic heterocycles. The molecule has 1 aliphatic carbocycles. The molecule has 2 aromatic carbocycles. The fourth-order valence-corrected chi connectivity index (χ4v) is 5.81. The predicted octanol–water partition coefficient (Wildman–Crippen LogP) is 5.71. The zero-order chi connectivity index (χ0) is 24.0. The minimum absolute atomic E-state index is 0.0103. The number of rotatable bonds is 4. The third-order valence-electron chi connectivity index (χ3n) is 6.53. The zero-order valence-corrected chi connectivity index (χ0v) is 20.2. The van der Waals surface area contributed by atoms with Crippen molar-refractivity contribution in [3.63, 3.8) is 0 Å². The summed E-state index contributed by atoms with van der Waals surface area (Å²) in [7, 11) is 0. The lowest BCUT2D eigenvalue weighted by atomic mass is 9.69. The molecule has 1 aromatic heterocycles. The molecule has 3 aromatic rings. The summed E-state index contributed by atoms with van der Waals surface area (Å²) in [6.45, 7) is 6.19. The molecule has 7 heteroatoms. The number of carbonyl (C=O) groups excluding carboxylic acids is 1. The molecule has 5 rings (SSSR count). The predicted molar refractivity (Wildman–Crippen MR) is 133 cm³/mol. The van der Waals surface area contributed by atoms with E-state index in [2.05, 4.69) is 43.2 Å². The molecule has 0 fully saturated rings. The Hall–Kier alpha value is -3.19. The van der Waals surface area contributed by atoms with Crippen LogP contribution in [0.15, 0.2) is 69.8 Å². The van der Waals surface area contributed by atoms with E-state index in [9.17, 15) is 14.0 Å². The van der Waals surface area contributed by atoms with E-state index in [-0.39, 0.29) is 22.6 Å². The highest BCUT2D eigenvalue weighted by atomic mass is 32.2. The molecule has 0 saturated heterocycles. The van der Waals surface area contributed by atoms with E-state index in [1.807, 2.05) is 12.1 Å². The summed E-state index contributed by atoms with van der Waals surface area (Å²) in [4.78, 5) is 34.3. The maximum atomic E-state index is 13.7. The highest BCUT2D eigenvalue weighted by Gasteiger charge is 2.42. The number of nitrogens with one attached hydrogen (secondary N) is 2. The summed E-state index contributed by atoms with van der Waals surface area (Å²) >= 11 is 1.46. The highest BCUT2D eigenvalue weighted by molar-refractivity contribution is 7.98. The molecule has 0 amide bonds. The van der Waals surface area contributed by atoms with Crippen LogP contribution >= 0.6 is 11.8 Å². The van der Waals surface area contributed by atoms with Gasteiger partial charge >= 0.3 is 0 Å². The van der Waals surface area contributed by atoms with Crippen LogP contribution in [0.1, 0.15) is 54.9 Å². The second-order valence-electron chi connectivity index (χ2n) is 9.79. The molecule has 174 valence electrons. The van der Waals surface area contributed by atoms with Gasteiger partial charge in [-0.15, -0.1) is 0 Å². The number of H-pyrrole nitrogens is 1. The van der Waals surface area contributed by atoms with Gasteiger partial charge in [0.15, 0.2) is 10.9 Å². The van der Waals surface area contributed by atoms with Crippen molar-refractivity contribution < 1.29 is 9.18 Å². The number of fused-ring (bicyclic) bond motifs is 1. The van der Waals surface area contributed by atoms with Crippen LogP contribution in [-0.4, -0.2) is 15.8 Å². The van der Waals surface area contributed by atoms with Crippen LogP contribution in [-0.2, 0) is 10.5 Å². The quantitative estimate of drug-likeness (QED) is 0.373. The van der Waals surface area contributed by atoms with E-state index in [0.717, 1.165) is 5.70 Å². The Morgan fingerprint density at radius 3 is 2.56 bits per heavy atom. The molecule has 0 saturated carbocycles. The van der Waals surface area contributed by atoms with Crippen LogP contribution in [0.2, 0.25) is 0 Å². The van der Waals surface area contributed by atoms with Gasteiger partial charge in [-0.1, -0.05) is 62.0 Å². The molecule has 2 heterocycles. The molecule has 0 bridgehead atoms. The Labute approximate surface area is 201 Å². The smallest absolute Gasteiger partial charge is 0.257 e. The topological polar surface area (TPSA) is 74.8 Å². The number of halogens is 1. The second kappa shape index (κ2) is 8.55. The Morgan fingerprint density at radius 2 is 1.82 bits per heavy atom. The van der Waals surface area contributed by atoms with Crippen molar-refractivity contribution in [2.24, 2.45) is 5.41 Å². The lowest BCUT2D eigenvalue weighted by Crippen LogP contribution is -2.37. The van der Waals surface area contributed by atoms with Crippen LogP contribution in [0.3, 0.4) is 0 Å². The van der Waals surface area contributed by atoms with E-state index >= 15 is 0 Å². The average molecular weight is 476 g/mol. The minimum Gasteiger partial charge on any atom is -0.343 e. The number of benzene rings is 2. The number of aromatic amines is 1. The third-order valence-corrected chi connectivity index (χ3v) is 7.45. The number of hydrogen-bond acceptors (Lipinski definition) is 5. The van der Waals surface area contributed by atoms with Crippen molar-refractivity contribution in [3.8, 4) is 0 Å². The highest BCUT2D eigenvalue weighted by Crippen LogP contribution is 2.47. The summed E-state index contributed by atoms with van der Waals surface area (Å²) in [5.74, 6) is 0.209. The first kappa shape index (κ1) is 22.6. The largest absolute Gasteiger partial charge is 0.343 e. The summed E-state index contributed by atoms with van der Waals surface area (Å²) < 4.78 is 13.7. The number of carbonyl (C=O) groups is 1. The Kier molecular flexibility index (Phi) is 5.68. The number of hydrogen-bond donors (Lipinski definition) is 2. The standard InChI is InChI=1S/C27H26FN3O2S/c1-15-6-4-5-7-17(15)14-34-26-30-24-23(25(33)31-26)21(16-8-10-18(28)11-9-16)22-19(29-24)12-27(2,3)13-20(22)32/h4-11,21H,12-14H2,1-3H3,(H2,29,30,31,33). The fourth-order valence-electron chi connectivity index (χ4n) is 4.87. The Morgan fingerprint density at radius 1 is 1.09 bits per heavy atom. The molecular weight excluding hydrogens is 449 g/mol. The van der Waals surface area contributed by atoms with Gasteiger partial charge in [-0.3, -0.25) is 9.59 Å². The van der Waals surface area contributed by atoms with Crippen molar-refractivity contribution in [1.29, 1.82) is 0 Å². The van der Waals surface area contributed by atoms with Crippen molar-refractivity contribution in [3.05, 3.63) is 98.2 Å². The summed E-state index contributed by atoms with van der Waals surface area (Å²) in [5.41, 5.74) is 4.37. The molecule has 0 radical (unpaired) electrons. The van der Waals surface area contributed by atoms with Crippen molar-refractivity contribution in [2.75, 3.05) is 5.32 Å². The number of nitrogens with zero attached hydrogens (tertiary/aromatic N) is 1. The van der Waals surface area contributed by atoms with Crippen LogP contribution < -0.4 is 10.9 Å². The Bertz CT molecular complexity index is 1380. The first-order valence-electron chi connectivity index (χ1n) is 11.3. The number of ketones is 1. The van der Waals surface area contributed by atoms with Gasteiger partial charge < -0.3 is 10.3 Å².